The first-order chi connectivity index (χ1) is 19.8. The zero-order valence-corrected chi connectivity index (χ0v) is 23.7. The summed E-state index contributed by atoms with van der Waals surface area (Å²) in [5.74, 6) is -0.275. The number of thioether (sulfide) groups is 1. The predicted molar refractivity (Wildman–Crippen MR) is 155 cm³/mol. The normalized spacial score (nSPS) is 15.6. The summed E-state index contributed by atoms with van der Waals surface area (Å²) in [7, 11) is 3.12. The lowest BCUT2D eigenvalue weighted by Gasteiger charge is -2.17. The minimum atomic E-state index is -0.696. The molecule has 0 unspecified atom stereocenters. The number of halogens is 1. The van der Waals surface area contributed by atoms with E-state index in [0.717, 1.165) is 5.56 Å². The van der Waals surface area contributed by atoms with Crippen LogP contribution in [0.4, 0.5) is 15.8 Å². The van der Waals surface area contributed by atoms with Gasteiger partial charge >= 0.3 is 5.97 Å². The van der Waals surface area contributed by atoms with Gasteiger partial charge in [-0.2, -0.15) is 0 Å². The minimum absolute atomic E-state index is 0.0887. The number of ether oxygens (including phenoxy) is 3. The van der Waals surface area contributed by atoms with Gasteiger partial charge in [0.05, 0.1) is 32.1 Å². The maximum absolute atomic E-state index is 13.5. The van der Waals surface area contributed by atoms with Crippen molar-refractivity contribution >= 4 is 46.1 Å². The third-order valence-corrected chi connectivity index (χ3v) is 7.37. The molecule has 11 heteroatoms. The zero-order valence-electron chi connectivity index (χ0n) is 22.9. The Morgan fingerprint density at radius 1 is 1.00 bits per heavy atom. The summed E-state index contributed by atoms with van der Waals surface area (Å²) in [6.07, 6.45) is 0.413. The SMILES string of the molecule is CCOC(=O)c1ccc(N=C2S[C@@H](CC(=O)Nc3ccc(F)cc3)C(=O)N2CCc2ccc(OC)c(OC)c2)cc1. The maximum atomic E-state index is 13.5. The number of carbonyl (C=O) groups is 3. The highest BCUT2D eigenvalue weighted by molar-refractivity contribution is 8.15. The molecule has 0 spiro atoms. The second-order valence-corrected chi connectivity index (χ2v) is 10.1. The summed E-state index contributed by atoms with van der Waals surface area (Å²) in [6.45, 7) is 2.32. The lowest BCUT2D eigenvalue weighted by atomic mass is 10.1. The molecule has 3 aromatic rings. The first-order valence-corrected chi connectivity index (χ1v) is 13.8. The van der Waals surface area contributed by atoms with Crippen LogP contribution in [0.1, 0.15) is 29.3 Å². The first kappa shape index (κ1) is 29.6. The van der Waals surface area contributed by atoms with Crippen molar-refractivity contribution in [1.82, 2.24) is 4.90 Å². The van der Waals surface area contributed by atoms with Crippen molar-refractivity contribution in [3.63, 3.8) is 0 Å². The molecule has 9 nitrogen and oxygen atoms in total. The van der Waals surface area contributed by atoms with E-state index in [0.29, 0.717) is 46.6 Å². The number of esters is 1. The molecule has 1 saturated heterocycles. The van der Waals surface area contributed by atoms with Crippen LogP contribution in [0.25, 0.3) is 0 Å². The van der Waals surface area contributed by atoms with E-state index in [1.165, 1.54) is 36.0 Å². The largest absolute Gasteiger partial charge is 0.493 e. The summed E-state index contributed by atoms with van der Waals surface area (Å²) < 4.78 is 29.0. The Bertz CT molecular complexity index is 1430. The van der Waals surface area contributed by atoms with Crippen LogP contribution in [0.2, 0.25) is 0 Å². The smallest absolute Gasteiger partial charge is 0.338 e. The third-order valence-electron chi connectivity index (χ3n) is 6.19. The van der Waals surface area contributed by atoms with Crippen LogP contribution in [-0.4, -0.2) is 60.5 Å². The van der Waals surface area contributed by atoms with Crippen LogP contribution < -0.4 is 14.8 Å². The van der Waals surface area contributed by atoms with Gasteiger partial charge in [-0.3, -0.25) is 14.5 Å². The van der Waals surface area contributed by atoms with Crippen molar-refractivity contribution in [2.45, 2.75) is 25.0 Å². The van der Waals surface area contributed by atoms with Crippen molar-refractivity contribution in [2.24, 2.45) is 4.99 Å². The average molecular weight is 580 g/mol. The molecule has 1 aliphatic heterocycles. The molecule has 3 aromatic carbocycles. The molecule has 0 saturated carbocycles. The number of aliphatic imine (C=N–C) groups is 1. The Kier molecular flexibility index (Phi) is 9.96. The molecule has 41 heavy (non-hydrogen) atoms. The lowest BCUT2D eigenvalue weighted by Crippen LogP contribution is -2.35. The van der Waals surface area contributed by atoms with Gasteiger partial charge in [0, 0.05) is 18.7 Å². The molecule has 4 rings (SSSR count). The van der Waals surface area contributed by atoms with E-state index in [2.05, 4.69) is 10.3 Å². The number of hydrogen-bond acceptors (Lipinski definition) is 8. The summed E-state index contributed by atoms with van der Waals surface area (Å²) in [6, 6.07) is 17.5. The van der Waals surface area contributed by atoms with E-state index < -0.39 is 17.0 Å². The number of amidine groups is 1. The summed E-state index contributed by atoms with van der Waals surface area (Å²) in [5, 5.41) is 2.45. The predicted octanol–water partition coefficient (Wildman–Crippen LogP) is 5.22. The molecule has 1 aliphatic rings. The van der Waals surface area contributed by atoms with E-state index in [9.17, 15) is 18.8 Å². The molecule has 2 amide bonds. The Labute approximate surface area is 241 Å². The second kappa shape index (κ2) is 13.8. The van der Waals surface area contributed by atoms with E-state index in [4.69, 9.17) is 14.2 Å². The number of nitrogens with zero attached hydrogens (tertiary/aromatic N) is 2. The van der Waals surface area contributed by atoms with Crippen LogP contribution >= 0.6 is 11.8 Å². The molecule has 1 N–H and O–H groups in total. The fourth-order valence-corrected chi connectivity index (χ4v) is 5.30. The van der Waals surface area contributed by atoms with Gasteiger partial charge in [-0.25, -0.2) is 14.2 Å². The number of amides is 2. The van der Waals surface area contributed by atoms with E-state index in [-0.39, 0.29) is 24.8 Å². The van der Waals surface area contributed by atoms with Gasteiger partial charge in [0.15, 0.2) is 16.7 Å². The molecule has 0 bridgehead atoms. The molecule has 0 aromatic heterocycles. The van der Waals surface area contributed by atoms with Crippen molar-refractivity contribution < 1.29 is 33.0 Å². The first-order valence-electron chi connectivity index (χ1n) is 12.9. The van der Waals surface area contributed by atoms with Crippen molar-refractivity contribution in [3.8, 4) is 11.5 Å². The van der Waals surface area contributed by atoms with Gasteiger partial charge in [0.2, 0.25) is 11.8 Å². The second-order valence-electron chi connectivity index (χ2n) is 8.96. The third kappa shape index (κ3) is 7.63. The van der Waals surface area contributed by atoms with Crippen LogP contribution in [0.5, 0.6) is 11.5 Å². The zero-order chi connectivity index (χ0) is 29.4. The molecule has 0 radical (unpaired) electrons. The fourth-order valence-electron chi connectivity index (χ4n) is 4.12. The van der Waals surface area contributed by atoms with E-state index >= 15 is 0 Å². The Morgan fingerprint density at radius 2 is 1.71 bits per heavy atom. The monoisotopic (exact) mass is 579 g/mol. The lowest BCUT2D eigenvalue weighted by molar-refractivity contribution is -0.128. The number of carbonyl (C=O) groups excluding carboxylic acids is 3. The molecule has 0 aliphatic carbocycles. The summed E-state index contributed by atoms with van der Waals surface area (Å²) in [5.41, 5.74) is 2.30. The number of hydrogen-bond donors (Lipinski definition) is 1. The van der Waals surface area contributed by atoms with Gasteiger partial charge in [-0.1, -0.05) is 17.8 Å². The Balaban J connectivity index is 1.53. The van der Waals surface area contributed by atoms with Gasteiger partial charge < -0.3 is 19.5 Å². The Morgan fingerprint density at radius 3 is 2.37 bits per heavy atom. The molecule has 1 heterocycles. The van der Waals surface area contributed by atoms with Gasteiger partial charge in [0.1, 0.15) is 11.1 Å². The molecule has 1 fully saturated rings. The highest BCUT2D eigenvalue weighted by atomic mass is 32.2. The molecule has 1 atom stereocenters. The minimum Gasteiger partial charge on any atom is -0.493 e. The Hall–Kier alpha value is -4.38. The average Bonchev–Trinajstić information content (AvgIpc) is 3.26. The standard InChI is InChI=1S/C30H30FN3O6S/c1-4-40-29(37)20-6-10-23(11-7-20)33-30-34(16-15-19-5-14-24(38-2)25(17-19)39-3)28(36)26(41-30)18-27(35)32-22-12-8-21(31)9-13-22/h5-14,17,26H,4,15-16,18H2,1-3H3,(H,32,35)/t26-/m0/s1. The van der Waals surface area contributed by atoms with Crippen LogP contribution in [-0.2, 0) is 20.7 Å². The highest BCUT2D eigenvalue weighted by Crippen LogP contribution is 2.33. The number of anilines is 1. The quantitative estimate of drug-likeness (QED) is 0.310. The van der Waals surface area contributed by atoms with Crippen molar-refractivity contribution in [3.05, 3.63) is 83.7 Å². The highest BCUT2D eigenvalue weighted by Gasteiger charge is 2.39. The van der Waals surface area contributed by atoms with Gasteiger partial charge in [0.25, 0.3) is 0 Å². The van der Waals surface area contributed by atoms with E-state index in [1.807, 2.05) is 12.1 Å². The van der Waals surface area contributed by atoms with Crippen LogP contribution in [0, 0.1) is 5.82 Å². The number of benzene rings is 3. The molecule has 214 valence electrons. The number of nitrogens with one attached hydrogen (secondary N) is 1. The topological polar surface area (TPSA) is 107 Å². The van der Waals surface area contributed by atoms with Gasteiger partial charge in [-0.15, -0.1) is 0 Å². The van der Waals surface area contributed by atoms with Crippen LogP contribution in [0.15, 0.2) is 71.7 Å². The molecular formula is C30H30FN3O6S. The van der Waals surface area contributed by atoms with Crippen molar-refractivity contribution in [1.29, 1.82) is 0 Å². The van der Waals surface area contributed by atoms with Crippen molar-refractivity contribution in [2.75, 3.05) is 32.7 Å². The van der Waals surface area contributed by atoms with E-state index in [1.54, 1.807) is 56.4 Å². The number of methoxy groups -OCH3 is 2. The maximum Gasteiger partial charge on any atom is 0.338 e. The van der Waals surface area contributed by atoms with Gasteiger partial charge in [-0.05, 0) is 79.6 Å². The summed E-state index contributed by atoms with van der Waals surface area (Å²) in [4.78, 5) is 44.5. The summed E-state index contributed by atoms with van der Waals surface area (Å²) >= 11 is 1.20. The van der Waals surface area contributed by atoms with Crippen LogP contribution in [0.3, 0.4) is 0 Å². The fraction of sp³-hybridized carbons (Fsp3) is 0.267. The number of rotatable bonds is 11. The molecular weight excluding hydrogens is 549 g/mol.